The maximum atomic E-state index is 9.44. The molecule has 4 rings (SSSR count). The molecule has 0 aliphatic carbocycles. The monoisotopic (exact) mass is 332 g/mol. The van der Waals surface area contributed by atoms with Gasteiger partial charge in [0, 0.05) is 16.9 Å². The first-order chi connectivity index (χ1) is 12.2. The molecule has 0 radical (unpaired) electrons. The molecule has 1 aromatic heterocycles. The summed E-state index contributed by atoms with van der Waals surface area (Å²) in [4.78, 5) is 7.47. The van der Waals surface area contributed by atoms with Gasteiger partial charge in [0.1, 0.15) is 0 Å². The van der Waals surface area contributed by atoms with Gasteiger partial charge in [-0.15, -0.1) is 0 Å². The normalized spacial score (nSPS) is 16.4. The van der Waals surface area contributed by atoms with E-state index in [4.69, 9.17) is 4.98 Å². The summed E-state index contributed by atoms with van der Waals surface area (Å²) in [5.74, 6) is 0.494. The van der Waals surface area contributed by atoms with Crippen LogP contribution in [-0.4, -0.2) is 35.1 Å². The van der Waals surface area contributed by atoms with Gasteiger partial charge < -0.3 is 10.0 Å². The highest BCUT2D eigenvalue weighted by molar-refractivity contribution is 5.85. The van der Waals surface area contributed by atoms with Gasteiger partial charge in [-0.3, -0.25) is 4.98 Å². The summed E-state index contributed by atoms with van der Waals surface area (Å²) >= 11 is 0. The van der Waals surface area contributed by atoms with Crippen LogP contribution in [0.5, 0.6) is 0 Å². The largest absolute Gasteiger partial charge is 0.392 e. The Labute approximate surface area is 148 Å². The van der Waals surface area contributed by atoms with Gasteiger partial charge in [-0.05, 0) is 56.2 Å². The topological polar surface area (TPSA) is 36.4 Å². The van der Waals surface area contributed by atoms with E-state index >= 15 is 0 Å². The summed E-state index contributed by atoms with van der Waals surface area (Å²) in [5.41, 5.74) is 5.60. The van der Waals surface area contributed by atoms with Crippen LogP contribution in [0.1, 0.15) is 30.0 Å². The van der Waals surface area contributed by atoms with Crippen LogP contribution in [0.15, 0.2) is 54.6 Å². The summed E-state index contributed by atoms with van der Waals surface area (Å²) in [6, 6.07) is 18.9. The second-order valence-electron chi connectivity index (χ2n) is 7.05. The van der Waals surface area contributed by atoms with Gasteiger partial charge in [-0.1, -0.05) is 42.5 Å². The molecule has 0 bridgehead atoms. The standard InChI is InChI=1S/C22H24N2O/c1-24-11-9-18(10-12-24)22-20(17-5-3-2-4-6-17)14-19-8-7-16(15-25)13-21(19)23-22/h2-8,13-14,18,25H,9-12,15H2,1H3. The van der Waals surface area contributed by atoms with Gasteiger partial charge >= 0.3 is 0 Å². The van der Waals surface area contributed by atoms with E-state index < -0.39 is 0 Å². The third-order valence-electron chi connectivity index (χ3n) is 5.28. The van der Waals surface area contributed by atoms with Crippen molar-refractivity contribution in [2.24, 2.45) is 0 Å². The van der Waals surface area contributed by atoms with Crippen LogP contribution >= 0.6 is 0 Å². The predicted molar refractivity (Wildman–Crippen MR) is 103 cm³/mol. The van der Waals surface area contributed by atoms with Gasteiger partial charge in [0.25, 0.3) is 0 Å². The Morgan fingerprint density at radius 1 is 1.04 bits per heavy atom. The summed E-state index contributed by atoms with van der Waals surface area (Å²) in [6.45, 7) is 2.30. The highest BCUT2D eigenvalue weighted by Gasteiger charge is 2.23. The first kappa shape index (κ1) is 16.2. The molecule has 1 aliphatic rings. The number of rotatable bonds is 3. The number of fused-ring (bicyclic) bond motifs is 1. The Morgan fingerprint density at radius 3 is 2.52 bits per heavy atom. The van der Waals surface area contributed by atoms with E-state index in [-0.39, 0.29) is 6.61 Å². The lowest BCUT2D eigenvalue weighted by molar-refractivity contribution is 0.254. The van der Waals surface area contributed by atoms with Crippen LogP contribution in [0.3, 0.4) is 0 Å². The minimum atomic E-state index is 0.0572. The van der Waals surface area contributed by atoms with Crippen LogP contribution in [0.4, 0.5) is 0 Å². The van der Waals surface area contributed by atoms with Gasteiger partial charge in [0.15, 0.2) is 0 Å². The Bertz CT molecular complexity index is 868. The molecule has 1 saturated heterocycles. The zero-order chi connectivity index (χ0) is 17.2. The maximum absolute atomic E-state index is 9.44. The summed E-state index contributed by atoms with van der Waals surface area (Å²) in [7, 11) is 2.19. The molecule has 2 aromatic carbocycles. The van der Waals surface area contributed by atoms with E-state index in [1.807, 2.05) is 12.1 Å². The summed E-state index contributed by atoms with van der Waals surface area (Å²) in [6.07, 6.45) is 2.29. The van der Waals surface area contributed by atoms with Crippen LogP contribution in [-0.2, 0) is 6.61 Å². The van der Waals surface area contributed by atoms with Gasteiger partial charge in [-0.25, -0.2) is 0 Å². The van der Waals surface area contributed by atoms with E-state index in [0.717, 1.165) is 42.4 Å². The van der Waals surface area contributed by atoms with E-state index in [1.54, 1.807) is 0 Å². The molecule has 0 amide bonds. The molecule has 25 heavy (non-hydrogen) atoms. The summed E-state index contributed by atoms with van der Waals surface area (Å²) in [5, 5.41) is 10.6. The first-order valence-corrected chi connectivity index (χ1v) is 9.03. The molecule has 0 unspecified atom stereocenters. The zero-order valence-electron chi connectivity index (χ0n) is 14.7. The van der Waals surface area contributed by atoms with Crippen molar-refractivity contribution in [1.82, 2.24) is 9.88 Å². The number of aliphatic hydroxyl groups excluding tert-OH is 1. The summed E-state index contributed by atoms with van der Waals surface area (Å²) < 4.78 is 0. The minimum Gasteiger partial charge on any atom is -0.392 e. The fraction of sp³-hybridized carbons (Fsp3) is 0.318. The number of nitrogens with zero attached hydrogens (tertiary/aromatic N) is 2. The minimum absolute atomic E-state index is 0.0572. The molecule has 3 heteroatoms. The number of hydrogen-bond donors (Lipinski definition) is 1. The van der Waals surface area contributed by atoms with Crippen molar-refractivity contribution < 1.29 is 5.11 Å². The van der Waals surface area contributed by atoms with Crippen molar-refractivity contribution in [3.05, 3.63) is 65.9 Å². The van der Waals surface area contributed by atoms with Crippen molar-refractivity contribution >= 4 is 10.9 Å². The third-order valence-corrected chi connectivity index (χ3v) is 5.28. The molecule has 0 saturated carbocycles. The molecule has 2 heterocycles. The van der Waals surface area contributed by atoms with E-state index in [9.17, 15) is 5.11 Å². The van der Waals surface area contributed by atoms with Crippen LogP contribution in [0.2, 0.25) is 0 Å². The second kappa shape index (κ2) is 6.95. The van der Waals surface area contributed by atoms with E-state index in [1.165, 1.54) is 16.8 Å². The highest BCUT2D eigenvalue weighted by Crippen LogP contribution is 2.36. The number of hydrogen-bond acceptors (Lipinski definition) is 3. The lowest BCUT2D eigenvalue weighted by Gasteiger charge is -2.30. The number of piperidine rings is 1. The van der Waals surface area contributed by atoms with E-state index in [0.29, 0.717) is 5.92 Å². The highest BCUT2D eigenvalue weighted by atomic mass is 16.3. The Balaban J connectivity index is 1.86. The lowest BCUT2D eigenvalue weighted by Crippen LogP contribution is -2.29. The molecular formula is C22H24N2O. The zero-order valence-corrected chi connectivity index (χ0v) is 14.7. The number of pyridine rings is 1. The van der Waals surface area contributed by atoms with Crippen molar-refractivity contribution in [2.75, 3.05) is 20.1 Å². The molecule has 3 nitrogen and oxygen atoms in total. The fourth-order valence-electron chi connectivity index (χ4n) is 3.77. The number of likely N-dealkylation sites (tertiary alicyclic amines) is 1. The van der Waals surface area contributed by atoms with E-state index in [2.05, 4.69) is 54.4 Å². The molecule has 0 spiro atoms. The molecule has 0 atom stereocenters. The average molecular weight is 332 g/mol. The van der Waals surface area contributed by atoms with Gasteiger partial charge in [0.05, 0.1) is 17.8 Å². The van der Waals surface area contributed by atoms with Crippen LogP contribution < -0.4 is 0 Å². The van der Waals surface area contributed by atoms with Crippen molar-refractivity contribution in [3.63, 3.8) is 0 Å². The maximum Gasteiger partial charge on any atom is 0.0709 e. The Kier molecular flexibility index (Phi) is 4.51. The van der Waals surface area contributed by atoms with Crippen LogP contribution in [0, 0.1) is 0 Å². The number of benzene rings is 2. The smallest absolute Gasteiger partial charge is 0.0709 e. The first-order valence-electron chi connectivity index (χ1n) is 9.03. The molecule has 1 N–H and O–H groups in total. The molecule has 1 aliphatic heterocycles. The Hall–Kier alpha value is -2.23. The molecule has 3 aromatic rings. The van der Waals surface area contributed by atoms with Crippen molar-refractivity contribution in [2.45, 2.75) is 25.4 Å². The third kappa shape index (κ3) is 3.30. The fourth-order valence-corrected chi connectivity index (χ4v) is 3.77. The van der Waals surface area contributed by atoms with Crippen molar-refractivity contribution in [1.29, 1.82) is 0 Å². The predicted octanol–water partition coefficient (Wildman–Crippen LogP) is 4.20. The van der Waals surface area contributed by atoms with Gasteiger partial charge in [-0.2, -0.15) is 0 Å². The molecule has 1 fully saturated rings. The second-order valence-corrected chi connectivity index (χ2v) is 7.05. The Morgan fingerprint density at radius 2 is 1.80 bits per heavy atom. The SMILES string of the molecule is CN1CCC(c2nc3cc(CO)ccc3cc2-c2ccccc2)CC1. The quantitative estimate of drug-likeness (QED) is 0.781. The van der Waals surface area contributed by atoms with Crippen LogP contribution in [0.25, 0.3) is 22.0 Å². The average Bonchev–Trinajstić information content (AvgIpc) is 2.68. The lowest BCUT2D eigenvalue weighted by atomic mass is 9.87. The van der Waals surface area contributed by atoms with Gasteiger partial charge in [0.2, 0.25) is 0 Å². The number of aromatic nitrogens is 1. The number of aliphatic hydroxyl groups is 1. The molecular weight excluding hydrogens is 308 g/mol. The molecule has 128 valence electrons. The van der Waals surface area contributed by atoms with Crippen molar-refractivity contribution in [3.8, 4) is 11.1 Å².